The number of hydrogen-bond donors (Lipinski definition) is 1. The highest BCUT2D eigenvalue weighted by Gasteiger charge is 2.10. The monoisotopic (exact) mass is 240 g/mol. The van der Waals surface area contributed by atoms with E-state index in [1.54, 1.807) is 0 Å². The number of halogens is 3. The smallest absolute Gasteiger partial charge is 0.250 e. The first-order valence-electron chi connectivity index (χ1n) is 4.73. The molecule has 0 spiro atoms. The van der Waals surface area contributed by atoms with E-state index in [1.165, 1.54) is 6.07 Å². The first-order chi connectivity index (χ1) is 8.06. The maximum atomic E-state index is 13.3. The molecule has 0 aliphatic heterocycles. The summed E-state index contributed by atoms with van der Waals surface area (Å²) in [6, 6.07) is 2.39. The zero-order valence-electron chi connectivity index (χ0n) is 8.51. The number of hydrogen-bond acceptors (Lipinski definition) is 2. The zero-order chi connectivity index (χ0) is 12.4. The lowest BCUT2D eigenvalue weighted by molar-refractivity contribution is 0.491. The second kappa shape index (κ2) is 4.40. The van der Waals surface area contributed by atoms with Gasteiger partial charge in [-0.3, -0.25) is 4.79 Å². The van der Waals surface area contributed by atoms with Crippen LogP contribution in [0.25, 0.3) is 0 Å². The van der Waals surface area contributed by atoms with Crippen molar-refractivity contribution >= 4 is 0 Å². The van der Waals surface area contributed by atoms with Crippen molar-refractivity contribution in [1.82, 2.24) is 9.97 Å². The van der Waals surface area contributed by atoms with Crippen LogP contribution in [0.1, 0.15) is 11.3 Å². The molecule has 0 unspecified atom stereocenters. The van der Waals surface area contributed by atoms with Crippen molar-refractivity contribution in [3.8, 4) is 0 Å². The van der Waals surface area contributed by atoms with E-state index in [0.717, 1.165) is 12.4 Å². The Kier molecular flexibility index (Phi) is 2.95. The van der Waals surface area contributed by atoms with Gasteiger partial charge in [0.15, 0.2) is 11.6 Å². The molecule has 0 radical (unpaired) electrons. The van der Waals surface area contributed by atoms with Crippen molar-refractivity contribution in [2.75, 3.05) is 0 Å². The maximum absolute atomic E-state index is 13.3. The van der Waals surface area contributed by atoms with Gasteiger partial charge in [-0.1, -0.05) is 0 Å². The number of rotatable bonds is 2. The first kappa shape index (κ1) is 11.4. The molecule has 0 amide bonds. The minimum absolute atomic E-state index is 0.0537. The van der Waals surface area contributed by atoms with Crippen molar-refractivity contribution in [1.29, 1.82) is 0 Å². The second-order valence-corrected chi connectivity index (χ2v) is 3.44. The standard InChI is InChI=1S/C11H7F3N2O/c12-8-4-10(14)9(13)2-6(8)1-7-3-11(17)16-5-15-7/h2-5H,1H2,(H,15,16,17). The van der Waals surface area contributed by atoms with Crippen LogP contribution < -0.4 is 5.56 Å². The molecular weight excluding hydrogens is 233 g/mol. The molecule has 0 saturated carbocycles. The Balaban J connectivity index is 2.36. The summed E-state index contributed by atoms with van der Waals surface area (Å²) in [6.45, 7) is 0. The van der Waals surface area contributed by atoms with Crippen molar-refractivity contribution < 1.29 is 13.2 Å². The molecule has 1 N–H and O–H groups in total. The molecule has 0 aliphatic carbocycles. The molecule has 3 nitrogen and oxygen atoms in total. The van der Waals surface area contributed by atoms with Gasteiger partial charge in [-0.25, -0.2) is 18.2 Å². The average Bonchev–Trinajstić information content (AvgIpc) is 2.26. The molecule has 0 aliphatic rings. The average molecular weight is 240 g/mol. The third-order valence-electron chi connectivity index (χ3n) is 2.20. The van der Waals surface area contributed by atoms with Gasteiger partial charge in [-0.05, 0) is 11.6 Å². The Labute approximate surface area is 94.0 Å². The minimum atomic E-state index is -1.25. The van der Waals surface area contributed by atoms with E-state index in [4.69, 9.17) is 0 Å². The van der Waals surface area contributed by atoms with E-state index < -0.39 is 23.0 Å². The van der Waals surface area contributed by atoms with Gasteiger partial charge < -0.3 is 4.98 Å². The van der Waals surface area contributed by atoms with E-state index in [2.05, 4.69) is 9.97 Å². The van der Waals surface area contributed by atoms with Crippen LogP contribution in [0.2, 0.25) is 0 Å². The van der Waals surface area contributed by atoms with Crippen molar-refractivity contribution in [3.63, 3.8) is 0 Å². The maximum Gasteiger partial charge on any atom is 0.250 e. The second-order valence-electron chi connectivity index (χ2n) is 3.44. The summed E-state index contributed by atoms with van der Waals surface area (Å²) in [4.78, 5) is 17.1. The molecule has 1 heterocycles. The number of H-pyrrole nitrogens is 1. The highest BCUT2D eigenvalue weighted by Crippen LogP contribution is 2.15. The molecule has 0 bridgehead atoms. The van der Waals surface area contributed by atoms with Gasteiger partial charge in [0.1, 0.15) is 5.82 Å². The third kappa shape index (κ3) is 2.52. The lowest BCUT2D eigenvalue weighted by Gasteiger charge is -2.03. The van der Waals surface area contributed by atoms with Gasteiger partial charge in [-0.2, -0.15) is 0 Å². The summed E-state index contributed by atoms with van der Waals surface area (Å²) in [5.74, 6) is -3.25. The Morgan fingerprint density at radius 2 is 1.76 bits per heavy atom. The van der Waals surface area contributed by atoms with E-state index in [1.807, 2.05) is 0 Å². The summed E-state index contributed by atoms with van der Waals surface area (Å²) >= 11 is 0. The van der Waals surface area contributed by atoms with Crippen molar-refractivity contribution in [2.24, 2.45) is 0 Å². The zero-order valence-corrected chi connectivity index (χ0v) is 8.51. The van der Waals surface area contributed by atoms with Crippen LogP contribution >= 0.6 is 0 Å². The van der Waals surface area contributed by atoms with Crippen LogP contribution in [0, 0.1) is 17.5 Å². The summed E-state index contributed by atoms with van der Waals surface area (Å²) in [5, 5.41) is 0. The number of benzene rings is 1. The molecule has 1 aromatic heterocycles. The highest BCUT2D eigenvalue weighted by atomic mass is 19.2. The van der Waals surface area contributed by atoms with Crippen molar-refractivity contribution in [2.45, 2.75) is 6.42 Å². The molecule has 2 aromatic rings. The Hall–Kier alpha value is -2.11. The van der Waals surface area contributed by atoms with Crippen LogP contribution in [0.15, 0.2) is 29.3 Å². The van der Waals surface area contributed by atoms with E-state index >= 15 is 0 Å². The largest absolute Gasteiger partial charge is 0.313 e. The SMILES string of the molecule is O=c1cc(Cc2cc(F)c(F)cc2F)nc[nH]1. The quantitative estimate of drug-likeness (QED) is 0.813. The normalized spacial score (nSPS) is 10.5. The Morgan fingerprint density at radius 1 is 1.06 bits per heavy atom. The lowest BCUT2D eigenvalue weighted by Crippen LogP contribution is -2.08. The minimum Gasteiger partial charge on any atom is -0.313 e. The van der Waals surface area contributed by atoms with Gasteiger partial charge >= 0.3 is 0 Å². The molecule has 88 valence electrons. The number of aromatic amines is 1. The number of nitrogens with zero attached hydrogens (tertiary/aromatic N) is 1. The molecule has 0 saturated heterocycles. The topological polar surface area (TPSA) is 45.8 Å². The fraction of sp³-hybridized carbons (Fsp3) is 0.0909. The van der Waals surface area contributed by atoms with Gasteiger partial charge in [0, 0.05) is 18.6 Å². The fourth-order valence-electron chi connectivity index (χ4n) is 1.40. The predicted octanol–water partition coefficient (Wildman–Crippen LogP) is 1.78. The Morgan fingerprint density at radius 3 is 2.47 bits per heavy atom. The molecule has 17 heavy (non-hydrogen) atoms. The van der Waals surface area contributed by atoms with Gasteiger partial charge in [0.25, 0.3) is 5.56 Å². The number of aromatic nitrogens is 2. The Bertz CT molecular complexity index is 610. The van der Waals surface area contributed by atoms with Crippen LogP contribution in [0.5, 0.6) is 0 Å². The van der Waals surface area contributed by atoms with Gasteiger partial charge in [0.2, 0.25) is 0 Å². The van der Waals surface area contributed by atoms with Gasteiger partial charge in [-0.15, -0.1) is 0 Å². The summed E-state index contributed by atoms with van der Waals surface area (Å²) in [5.41, 5.74) is -0.168. The van der Waals surface area contributed by atoms with E-state index in [0.29, 0.717) is 6.07 Å². The van der Waals surface area contributed by atoms with Crippen LogP contribution in [-0.2, 0) is 6.42 Å². The summed E-state index contributed by atoms with van der Waals surface area (Å²) in [6.07, 6.45) is 1.09. The third-order valence-corrected chi connectivity index (χ3v) is 2.20. The van der Waals surface area contributed by atoms with Crippen molar-refractivity contribution in [3.05, 3.63) is 63.6 Å². The fourth-order valence-corrected chi connectivity index (χ4v) is 1.40. The molecule has 6 heteroatoms. The molecular formula is C11H7F3N2O. The highest BCUT2D eigenvalue weighted by molar-refractivity contribution is 5.24. The van der Waals surface area contributed by atoms with Gasteiger partial charge in [0.05, 0.1) is 12.0 Å². The van der Waals surface area contributed by atoms with Crippen LogP contribution in [0.4, 0.5) is 13.2 Å². The molecule has 2 rings (SSSR count). The molecule has 0 atom stereocenters. The first-order valence-corrected chi connectivity index (χ1v) is 4.73. The number of nitrogens with one attached hydrogen (secondary N) is 1. The lowest BCUT2D eigenvalue weighted by atomic mass is 10.1. The van der Waals surface area contributed by atoms with E-state index in [9.17, 15) is 18.0 Å². The summed E-state index contributed by atoms with van der Waals surface area (Å²) in [7, 11) is 0. The predicted molar refractivity (Wildman–Crippen MR) is 54.0 cm³/mol. The van der Waals surface area contributed by atoms with Crippen LogP contribution in [-0.4, -0.2) is 9.97 Å². The van der Waals surface area contributed by atoms with Crippen LogP contribution in [0.3, 0.4) is 0 Å². The molecule has 0 fully saturated rings. The van der Waals surface area contributed by atoms with E-state index in [-0.39, 0.29) is 17.7 Å². The summed E-state index contributed by atoms with van der Waals surface area (Å²) < 4.78 is 38.9. The molecule has 1 aromatic carbocycles.